The molecule has 0 spiro atoms. The normalized spacial score (nSPS) is 19.9. The van der Waals surface area contributed by atoms with E-state index in [9.17, 15) is 0 Å². The highest BCUT2D eigenvalue weighted by molar-refractivity contribution is 6.30. The minimum atomic E-state index is 0.445. The lowest BCUT2D eigenvalue weighted by atomic mass is 10.0. The molecule has 1 aliphatic heterocycles. The molecule has 2 nitrogen and oxygen atoms in total. The number of hydrogen-bond acceptors (Lipinski definition) is 2. The van der Waals surface area contributed by atoms with Crippen LogP contribution in [-0.4, -0.2) is 24.5 Å². The van der Waals surface area contributed by atoms with E-state index in [-0.39, 0.29) is 0 Å². The molecule has 0 radical (unpaired) electrons. The standard InChI is InChI=1S/C17H19ClN2/c18-16-8-6-14(7-9-16)13-20-11-10-19-12-17(20)15-4-2-1-3-5-15/h1-9,17,19H,10-13H2. The number of halogens is 1. The zero-order valence-electron chi connectivity index (χ0n) is 11.4. The van der Waals surface area contributed by atoms with Gasteiger partial charge in [0, 0.05) is 37.2 Å². The zero-order chi connectivity index (χ0) is 13.8. The third-order valence-corrected chi connectivity index (χ3v) is 4.09. The van der Waals surface area contributed by atoms with Crippen molar-refractivity contribution in [2.75, 3.05) is 19.6 Å². The summed E-state index contributed by atoms with van der Waals surface area (Å²) < 4.78 is 0. The Morgan fingerprint density at radius 2 is 1.80 bits per heavy atom. The summed E-state index contributed by atoms with van der Waals surface area (Å²) in [6, 6.07) is 19.4. The number of hydrogen-bond donors (Lipinski definition) is 1. The summed E-state index contributed by atoms with van der Waals surface area (Å²) in [5.74, 6) is 0. The second-order valence-corrected chi connectivity index (χ2v) is 5.66. The van der Waals surface area contributed by atoms with Gasteiger partial charge in [-0.1, -0.05) is 54.1 Å². The molecule has 2 aromatic rings. The van der Waals surface area contributed by atoms with Gasteiger partial charge in [0.15, 0.2) is 0 Å². The van der Waals surface area contributed by atoms with Gasteiger partial charge in [0.05, 0.1) is 0 Å². The average Bonchev–Trinajstić information content (AvgIpc) is 2.51. The maximum Gasteiger partial charge on any atom is 0.0476 e. The second-order valence-electron chi connectivity index (χ2n) is 5.23. The Morgan fingerprint density at radius 3 is 2.55 bits per heavy atom. The van der Waals surface area contributed by atoms with Crippen molar-refractivity contribution in [1.82, 2.24) is 10.2 Å². The topological polar surface area (TPSA) is 15.3 Å². The largest absolute Gasteiger partial charge is 0.314 e. The minimum absolute atomic E-state index is 0.445. The summed E-state index contributed by atoms with van der Waals surface area (Å²) in [7, 11) is 0. The molecule has 1 fully saturated rings. The van der Waals surface area contributed by atoms with Crippen LogP contribution in [0.2, 0.25) is 5.02 Å². The first-order valence-electron chi connectivity index (χ1n) is 7.07. The molecule has 1 unspecified atom stereocenters. The molecule has 1 N–H and O–H groups in total. The summed E-state index contributed by atoms with van der Waals surface area (Å²) >= 11 is 5.96. The lowest BCUT2D eigenvalue weighted by Crippen LogP contribution is -2.45. The van der Waals surface area contributed by atoms with Gasteiger partial charge >= 0.3 is 0 Å². The third-order valence-electron chi connectivity index (χ3n) is 3.84. The van der Waals surface area contributed by atoms with Gasteiger partial charge < -0.3 is 5.32 Å². The van der Waals surface area contributed by atoms with Crippen LogP contribution < -0.4 is 5.32 Å². The highest BCUT2D eigenvalue weighted by Crippen LogP contribution is 2.24. The lowest BCUT2D eigenvalue weighted by molar-refractivity contribution is 0.154. The monoisotopic (exact) mass is 286 g/mol. The van der Waals surface area contributed by atoms with Crippen LogP contribution in [0, 0.1) is 0 Å². The van der Waals surface area contributed by atoms with E-state index in [0.717, 1.165) is 31.2 Å². The van der Waals surface area contributed by atoms with E-state index in [0.29, 0.717) is 6.04 Å². The summed E-state index contributed by atoms with van der Waals surface area (Å²) in [5.41, 5.74) is 2.70. The number of rotatable bonds is 3. The van der Waals surface area contributed by atoms with Crippen molar-refractivity contribution in [3.63, 3.8) is 0 Å². The van der Waals surface area contributed by atoms with Gasteiger partial charge in [-0.25, -0.2) is 0 Å². The van der Waals surface area contributed by atoms with Crippen molar-refractivity contribution in [3.8, 4) is 0 Å². The molecule has 0 aliphatic carbocycles. The molecule has 3 heteroatoms. The summed E-state index contributed by atoms with van der Waals surface area (Å²) in [6.07, 6.45) is 0. The molecule has 1 saturated heterocycles. The summed E-state index contributed by atoms with van der Waals surface area (Å²) in [5, 5.41) is 4.30. The second kappa shape index (κ2) is 6.40. The predicted octanol–water partition coefficient (Wildman–Crippen LogP) is 3.49. The van der Waals surface area contributed by atoms with Crippen LogP contribution in [0.15, 0.2) is 54.6 Å². The smallest absolute Gasteiger partial charge is 0.0476 e. The number of nitrogens with one attached hydrogen (secondary N) is 1. The van der Waals surface area contributed by atoms with Gasteiger partial charge in [0.25, 0.3) is 0 Å². The Kier molecular flexibility index (Phi) is 4.36. The Bertz CT molecular complexity index is 539. The lowest BCUT2D eigenvalue weighted by Gasteiger charge is -2.36. The highest BCUT2D eigenvalue weighted by atomic mass is 35.5. The zero-order valence-corrected chi connectivity index (χ0v) is 12.2. The first kappa shape index (κ1) is 13.6. The Balaban J connectivity index is 1.77. The fourth-order valence-electron chi connectivity index (χ4n) is 2.76. The van der Waals surface area contributed by atoms with Crippen LogP contribution in [0.3, 0.4) is 0 Å². The van der Waals surface area contributed by atoms with Crippen LogP contribution in [0.1, 0.15) is 17.2 Å². The molecule has 0 bridgehead atoms. The van der Waals surface area contributed by atoms with Gasteiger partial charge in [-0.2, -0.15) is 0 Å². The van der Waals surface area contributed by atoms with Crippen molar-refractivity contribution >= 4 is 11.6 Å². The SMILES string of the molecule is Clc1ccc(CN2CCNCC2c2ccccc2)cc1. The Labute approximate surface area is 125 Å². The van der Waals surface area contributed by atoms with Crippen LogP contribution in [-0.2, 0) is 6.54 Å². The molecule has 20 heavy (non-hydrogen) atoms. The maximum atomic E-state index is 5.96. The van der Waals surface area contributed by atoms with Gasteiger partial charge in [-0.15, -0.1) is 0 Å². The molecular weight excluding hydrogens is 268 g/mol. The van der Waals surface area contributed by atoms with Crippen LogP contribution >= 0.6 is 11.6 Å². The molecule has 1 aliphatic rings. The quantitative estimate of drug-likeness (QED) is 0.929. The number of benzene rings is 2. The van der Waals surface area contributed by atoms with Crippen molar-refractivity contribution < 1.29 is 0 Å². The molecule has 3 rings (SSSR count). The Hall–Kier alpha value is -1.35. The van der Waals surface area contributed by atoms with Crippen molar-refractivity contribution in [2.24, 2.45) is 0 Å². The molecule has 104 valence electrons. The number of piperazine rings is 1. The molecule has 2 aromatic carbocycles. The van der Waals surface area contributed by atoms with Crippen molar-refractivity contribution in [2.45, 2.75) is 12.6 Å². The first-order chi connectivity index (χ1) is 9.83. The van der Waals surface area contributed by atoms with Crippen LogP contribution in [0.25, 0.3) is 0 Å². The summed E-state index contributed by atoms with van der Waals surface area (Å²) in [6.45, 7) is 4.11. The minimum Gasteiger partial charge on any atom is -0.314 e. The van der Waals surface area contributed by atoms with Gasteiger partial charge in [0.1, 0.15) is 0 Å². The van der Waals surface area contributed by atoms with E-state index >= 15 is 0 Å². The van der Waals surface area contributed by atoms with Crippen LogP contribution in [0.5, 0.6) is 0 Å². The van der Waals surface area contributed by atoms with E-state index in [1.165, 1.54) is 11.1 Å². The van der Waals surface area contributed by atoms with Gasteiger partial charge in [0.2, 0.25) is 0 Å². The van der Waals surface area contributed by atoms with Crippen molar-refractivity contribution in [3.05, 3.63) is 70.7 Å². The fourth-order valence-corrected chi connectivity index (χ4v) is 2.89. The Morgan fingerprint density at radius 1 is 1.05 bits per heavy atom. The van der Waals surface area contributed by atoms with E-state index < -0.39 is 0 Å². The molecule has 1 atom stereocenters. The van der Waals surface area contributed by atoms with E-state index in [4.69, 9.17) is 11.6 Å². The van der Waals surface area contributed by atoms with Gasteiger partial charge in [-0.3, -0.25) is 4.90 Å². The fraction of sp³-hybridized carbons (Fsp3) is 0.294. The van der Waals surface area contributed by atoms with E-state index in [2.05, 4.69) is 52.7 Å². The molecule has 0 saturated carbocycles. The van der Waals surface area contributed by atoms with E-state index in [1.807, 2.05) is 12.1 Å². The third kappa shape index (κ3) is 3.21. The molecular formula is C17H19ClN2. The molecule has 0 amide bonds. The average molecular weight is 287 g/mol. The maximum absolute atomic E-state index is 5.96. The molecule has 1 heterocycles. The highest BCUT2D eigenvalue weighted by Gasteiger charge is 2.23. The van der Waals surface area contributed by atoms with Crippen LogP contribution in [0.4, 0.5) is 0 Å². The first-order valence-corrected chi connectivity index (χ1v) is 7.45. The van der Waals surface area contributed by atoms with Crippen molar-refractivity contribution in [1.29, 1.82) is 0 Å². The predicted molar refractivity (Wildman–Crippen MR) is 83.9 cm³/mol. The number of nitrogens with zero attached hydrogens (tertiary/aromatic N) is 1. The van der Waals surface area contributed by atoms with E-state index in [1.54, 1.807) is 0 Å². The molecule has 0 aromatic heterocycles. The van der Waals surface area contributed by atoms with Gasteiger partial charge in [-0.05, 0) is 23.3 Å². The summed E-state index contributed by atoms with van der Waals surface area (Å²) in [4.78, 5) is 2.54.